The second kappa shape index (κ2) is 19.2. The topological polar surface area (TPSA) is 198 Å². The van der Waals surface area contributed by atoms with E-state index in [9.17, 15) is 24.3 Å². The Bertz CT molecular complexity index is 1880. The number of alkyl halides is 1. The molecule has 1 aromatic carbocycles. The Balaban J connectivity index is 1.45. The largest absolute Gasteiger partial charge is 0.460 e. The van der Waals surface area contributed by atoms with Crippen LogP contribution >= 0.6 is 0 Å². The summed E-state index contributed by atoms with van der Waals surface area (Å²) < 4.78 is 49.1. The minimum atomic E-state index is -3.14. The first-order chi connectivity index (χ1) is 28.6. The first kappa shape index (κ1) is 48.0. The maximum Gasteiger partial charge on any atom is 0.410 e. The molecule has 0 bridgehead atoms. The summed E-state index contributed by atoms with van der Waals surface area (Å²) in [6.07, 6.45) is -2.08. The number of rotatable bonds is 11. The van der Waals surface area contributed by atoms with Crippen LogP contribution in [0, 0.1) is 17.8 Å². The van der Waals surface area contributed by atoms with E-state index < -0.39 is 83.1 Å². The van der Waals surface area contributed by atoms with Crippen molar-refractivity contribution in [1.82, 2.24) is 24.8 Å². The van der Waals surface area contributed by atoms with E-state index in [1.54, 1.807) is 50.3 Å². The van der Waals surface area contributed by atoms with Crippen LogP contribution in [-0.2, 0) is 44.6 Å². The minimum absolute atomic E-state index is 0.0107. The van der Waals surface area contributed by atoms with E-state index in [-0.39, 0.29) is 43.7 Å². The van der Waals surface area contributed by atoms with Crippen LogP contribution in [0.25, 0.3) is 11.3 Å². The third-order valence-corrected chi connectivity index (χ3v) is 13.1. The zero-order chi connectivity index (χ0) is 45.2. The smallest absolute Gasteiger partial charge is 0.410 e. The Hall–Kier alpha value is -4.03. The van der Waals surface area contributed by atoms with Crippen LogP contribution in [0.2, 0.25) is 0 Å². The molecule has 0 saturated carbocycles. The molecule has 2 aromatic rings. The highest BCUT2D eigenvalue weighted by atomic mass is 19.1. The lowest BCUT2D eigenvalue weighted by molar-refractivity contribution is -0.295. The lowest BCUT2D eigenvalue weighted by atomic mass is 9.74. The summed E-state index contributed by atoms with van der Waals surface area (Å²) in [6, 6.07) is 6.19. The van der Waals surface area contributed by atoms with E-state index in [1.165, 1.54) is 14.0 Å². The molecule has 61 heavy (non-hydrogen) atoms. The zero-order valence-corrected chi connectivity index (χ0v) is 37.6. The molecule has 3 saturated heterocycles. The number of fused-ring (bicyclic) bond motifs is 1. The molecular weight excluding hydrogens is 792 g/mol. The third-order valence-electron chi connectivity index (χ3n) is 13.1. The van der Waals surface area contributed by atoms with E-state index >= 15 is 4.39 Å². The molecule has 5 rings (SSSR count). The minimum Gasteiger partial charge on any atom is -0.460 e. The van der Waals surface area contributed by atoms with Crippen molar-refractivity contribution in [1.29, 1.82) is 0 Å². The summed E-state index contributed by atoms with van der Waals surface area (Å²) in [5.74, 6) is -5.62. The number of halogens is 1. The molecule has 0 spiro atoms. The van der Waals surface area contributed by atoms with Crippen LogP contribution in [0.1, 0.15) is 93.9 Å². The molecule has 13 atom stereocenters. The van der Waals surface area contributed by atoms with Gasteiger partial charge in [-0.15, -0.1) is 5.10 Å². The van der Waals surface area contributed by atoms with Crippen molar-refractivity contribution < 1.29 is 52.4 Å². The summed E-state index contributed by atoms with van der Waals surface area (Å²) in [5, 5.41) is 20.0. The second-order valence-corrected chi connectivity index (χ2v) is 18.3. The molecule has 3 aliphatic rings. The van der Waals surface area contributed by atoms with Crippen molar-refractivity contribution in [2.75, 3.05) is 33.5 Å². The molecule has 0 unspecified atom stereocenters. The molecule has 3 aliphatic heterocycles. The van der Waals surface area contributed by atoms with Gasteiger partial charge in [0.15, 0.2) is 12.1 Å². The number of ketones is 2. The molecule has 3 fully saturated rings. The Morgan fingerprint density at radius 2 is 1.72 bits per heavy atom. The van der Waals surface area contributed by atoms with E-state index in [1.807, 2.05) is 50.3 Å². The normalized spacial score (nSPS) is 36.9. The maximum atomic E-state index is 16.8. The predicted octanol–water partition coefficient (Wildman–Crippen LogP) is 4.99. The van der Waals surface area contributed by atoms with E-state index in [2.05, 4.69) is 10.3 Å². The van der Waals surface area contributed by atoms with Crippen molar-refractivity contribution in [2.45, 2.75) is 160 Å². The van der Waals surface area contributed by atoms with E-state index in [0.29, 0.717) is 37.2 Å². The molecule has 4 heterocycles. The number of esters is 1. The molecule has 0 aliphatic carbocycles. The molecule has 340 valence electrons. The second-order valence-electron chi connectivity index (χ2n) is 18.3. The van der Waals surface area contributed by atoms with Crippen LogP contribution < -0.4 is 5.73 Å². The number of ether oxygens (including phenoxy) is 5. The highest BCUT2D eigenvalue weighted by Crippen LogP contribution is 2.43. The van der Waals surface area contributed by atoms with Gasteiger partial charge in [-0.05, 0) is 86.0 Å². The van der Waals surface area contributed by atoms with Gasteiger partial charge in [0.2, 0.25) is 0 Å². The van der Waals surface area contributed by atoms with Crippen LogP contribution in [0.5, 0.6) is 0 Å². The molecular formula is C44H67FN6O10. The van der Waals surface area contributed by atoms with Crippen LogP contribution in [-0.4, -0.2) is 141 Å². The van der Waals surface area contributed by atoms with Crippen LogP contribution in [0.4, 0.5) is 14.9 Å². The number of nitrogen functional groups attached to an aromatic ring is 1. The Labute approximate surface area is 358 Å². The van der Waals surface area contributed by atoms with Gasteiger partial charge in [-0.3, -0.25) is 14.3 Å². The highest BCUT2D eigenvalue weighted by Gasteiger charge is 2.58. The van der Waals surface area contributed by atoms with Crippen molar-refractivity contribution in [3.8, 4) is 11.3 Å². The van der Waals surface area contributed by atoms with Gasteiger partial charge in [0.05, 0.1) is 30.0 Å². The van der Waals surface area contributed by atoms with Crippen molar-refractivity contribution in [3.63, 3.8) is 0 Å². The number of amides is 1. The lowest BCUT2D eigenvalue weighted by Crippen LogP contribution is -2.60. The summed E-state index contributed by atoms with van der Waals surface area (Å²) in [5.41, 5.74) is 2.13. The zero-order valence-electron chi connectivity index (χ0n) is 37.6. The number of aromatic nitrogens is 3. The summed E-state index contributed by atoms with van der Waals surface area (Å²) in [4.78, 5) is 60.0. The number of cyclic esters (lactones) is 1. The number of nitrogens with two attached hydrogens (primary N) is 1. The van der Waals surface area contributed by atoms with Gasteiger partial charge < -0.3 is 44.3 Å². The van der Waals surface area contributed by atoms with Crippen LogP contribution in [0.3, 0.4) is 0 Å². The van der Waals surface area contributed by atoms with Gasteiger partial charge in [0.1, 0.15) is 29.3 Å². The number of aryl methyl sites for hydroxylation is 1. The fourth-order valence-corrected chi connectivity index (χ4v) is 9.61. The number of Topliss-reactive ketones (excluding diaryl/α,β-unsaturated/α-hetero) is 2. The number of benzene rings is 1. The van der Waals surface area contributed by atoms with E-state index in [4.69, 9.17) is 29.4 Å². The van der Waals surface area contributed by atoms with Gasteiger partial charge in [-0.25, -0.2) is 14.0 Å². The average molecular weight is 859 g/mol. The highest BCUT2D eigenvalue weighted by molar-refractivity contribution is 6.07. The van der Waals surface area contributed by atoms with E-state index in [0.717, 1.165) is 12.5 Å². The number of nitrogens with zero attached hydrogens (tertiary/aromatic N) is 5. The standard InChI is InChI=1S/C44H67FN6O10/c1-12-31-23-42(6)36(51(41(56)61-42)19-14-13-18-50-24-32(47-48-50)29-16-15-17-30(46)21-29)27(4)34(52)25(2)22-43(7,57-11)38(28(5)37(54)44(8,45)40(55)59-31)60-39-35(53)33(49(9)10)20-26(3)58-39/h15-17,21,24-28,31,33,35-36,38-39,53H,12-14,18-20,22-23,46H2,1-11H3/t25-,26-,27+,28+,31-,33+,35-,36-,38-,39+,42-,43-,44+/m1/s1. The number of hydrogen-bond acceptors (Lipinski definition) is 14. The quantitative estimate of drug-likeness (QED) is 0.133. The monoisotopic (exact) mass is 858 g/mol. The Morgan fingerprint density at radius 3 is 2.36 bits per heavy atom. The Morgan fingerprint density at radius 1 is 1.03 bits per heavy atom. The third kappa shape index (κ3) is 10.3. The van der Waals surface area contributed by atoms with Gasteiger partial charge in [0, 0.05) is 61.7 Å². The molecule has 1 aromatic heterocycles. The Kier molecular flexibility index (Phi) is 15.1. The molecule has 17 heteroatoms. The number of hydrogen-bond donors (Lipinski definition) is 2. The summed E-state index contributed by atoms with van der Waals surface area (Å²) >= 11 is 0. The molecule has 16 nitrogen and oxygen atoms in total. The number of likely N-dealkylation sites (N-methyl/N-ethyl adjacent to an activating group) is 1. The lowest BCUT2D eigenvalue weighted by Gasteiger charge is -2.47. The van der Waals surface area contributed by atoms with Crippen molar-refractivity contribution >= 4 is 29.3 Å². The first-order valence-corrected chi connectivity index (χ1v) is 21.5. The number of carbonyl (C=O) groups is 4. The fraction of sp³-hybridized carbons (Fsp3) is 0.727. The van der Waals surface area contributed by atoms with Gasteiger partial charge >= 0.3 is 12.1 Å². The summed E-state index contributed by atoms with van der Waals surface area (Å²) in [6.45, 7) is 13.5. The fourth-order valence-electron chi connectivity index (χ4n) is 9.61. The van der Waals surface area contributed by atoms with Crippen molar-refractivity contribution in [2.24, 2.45) is 17.8 Å². The number of aliphatic hydroxyl groups is 1. The van der Waals surface area contributed by atoms with Gasteiger partial charge in [0.25, 0.3) is 5.67 Å². The molecule has 3 N–H and O–H groups in total. The van der Waals surface area contributed by atoms with Gasteiger partial charge in [-0.2, -0.15) is 0 Å². The predicted molar refractivity (Wildman–Crippen MR) is 224 cm³/mol. The SMILES string of the molecule is CC[C@@H]1C[C@@]2(C)OC(=O)N(CCCCn3cc(-c4cccc(N)c4)nn3)[C@@H]2[C@@H](C)C(=O)[C@H](C)C[C@@](C)(OC)[C@H](O[C@@H]2O[C@H](C)C[C@H](N(C)C)[C@H]2O)[C@@H](C)C(=O)[C@](C)(F)C(=O)O1. The number of aliphatic hydroxyl groups excluding tert-OH is 1. The first-order valence-electron chi connectivity index (χ1n) is 21.5. The van der Waals surface area contributed by atoms with Crippen molar-refractivity contribution in [3.05, 3.63) is 30.5 Å². The number of carbonyl (C=O) groups excluding carboxylic acids is 4. The number of methoxy groups -OCH3 is 1. The number of anilines is 1. The van der Waals surface area contributed by atoms with Gasteiger partial charge in [-0.1, -0.05) is 45.0 Å². The van der Waals surface area contributed by atoms with Crippen LogP contribution in [0.15, 0.2) is 30.5 Å². The molecule has 1 amide bonds. The number of unbranched alkanes of at least 4 members (excludes halogenated alkanes) is 1. The maximum absolute atomic E-state index is 16.8. The molecule has 0 radical (unpaired) electrons. The average Bonchev–Trinajstić information content (AvgIpc) is 3.78. The summed E-state index contributed by atoms with van der Waals surface area (Å²) in [7, 11) is 5.05.